The predicted octanol–water partition coefficient (Wildman–Crippen LogP) is 3.88. The summed E-state index contributed by atoms with van der Waals surface area (Å²) < 4.78 is 0. The van der Waals surface area contributed by atoms with E-state index in [1.807, 2.05) is 36.4 Å². The van der Waals surface area contributed by atoms with Crippen LogP contribution in [-0.4, -0.2) is 22.2 Å². The Hall–Kier alpha value is -3.14. The zero-order valence-corrected chi connectivity index (χ0v) is 11.3. The van der Waals surface area contributed by atoms with Crippen molar-refractivity contribution in [1.29, 1.82) is 0 Å². The fourth-order valence-corrected chi connectivity index (χ4v) is 3.19. The van der Waals surface area contributed by atoms with Gasteiger partial charge in [0.05, 0.1) is 11.1 Å². The molecule has 3 aromatic carbocycles. The number of carbonyl (C=O) groups is 2. The second kappa shape index (κ2) is 4.18. The van der Waals surface area contributed by atoms with Crippen molar-refractivity contribution < 1.29 is 19.8 Å². The van der Waals surface area contributed by atoms with Crippen LogP contribution in [0.3, 0.4) is 0 Å². The maximum Gasteiger partial charge on any atom is 0.336 e. The molecule has 4 heteroatoms. The molecule has 0 fully saturated rings. The van der Waals surface area contributed by atoms with Crippen molar-refractivity contribution in [3.8, 4) is 22.3 Å². The molecule has 4 nitrogen and oxygen atoms in total. The molecule has 4 rings (SSSR count). The van der Waals surface area contributed by atoms with Crippen LogP contribution in [-0.2, 0) is 0 Å². The first-order valence-corrected chi connectivity index (χ1v) is 6.75. The van der Waals surface area contributed by atoms with Crippen LogP contribution >= 0.6 is 0 Å². The third-order valence-electron chi connectivity index (χ3n) is 4.11. The molecule has 0 saturated heterocycles. The van der Waals surface area contributed by atoms with Crippen LogP contribution in [0.15, 0.2) is 48.5 Å². The highest BCUT2D eigenvalue weighted by atomic mass is 16.4. The maximum absolute atomic E-state index is 11.5. The molecule has 106 valence electrons. The van der Waals surface area contributed by atoms with Crippen LogP contribution in [0.2, 0.25) is 0 Å². The number of carboxylic acid groups (broad SMARTS) is 2. The number of rotatable bonds is 2. The van der Waals surface area contributed by atoms with Crippen LogP contribution in [0.4, 0.5) is 0 Å². The summed E-state index contributed by atoms with van der Waals surface area (Å²) in [5.74, 6) is -2.10. The average Bonchev–Trinajstić information content (AvgIpc) is 2.49. The maximum atomic E-state index is 11.5. The molecule has 0 heterocycles. The van der Waals surface area contributed by atoms with Gasteiger partial charge in [0.1, 0.15) is 0 Å². The zero-order valence-electron chi connectivity index (χ0n) is 11.3. The second-order valence-electron chi connectivity index (χ2n) is 5.23. The lowest BCUT2D eigenvalue weighted by molar-refractivity contribution is 0.0682. The van der Waals surface area contributed by atoms with Gasteiger partial charge in [0.2, 0.25) is 0 Å². The Morgan fingerprint density at radius 3 is 2.00 bits per heavy atom. The highest BCUT2D eigenvalue weighted by Gasteiger charge is 2.33. The van der Waals surface area contributed by atoms with E-state index in [9.17, 15) is 19.8 Å². The highest BCUT2D eigenvalue weighted by Crippen LogP contribution is 2.53. The molecular weight excluding hydrogens is 280 g/mol. The number of hydrogen-bond acceptors (Lipinski definition) is 2. The molecule has 2 N–H and O–H groups in total. The molecule has 1 aliphatic rings. The van der Waals surface area contributed by atoms with Crippen molar-refractivity contribution in [2.45, 2.75) is 0 Å². The molecule has 0 unspecified atom stereocenters. The van der Waals surface area contributed by atoms with Gasteiger partial charge in [-0.15, -0.1) is 0 Å². The summed E-state index contributed by atoms with van der Waals surface area (Å²) in [6.07, 6.45) is 0. The molecule has 0 amide bonds. The normalized spacial score (nSPS) is 11.5. The van der Waals surface area contributed by atoms with Gasteiger partial charge >= 0.3 is 11.9 Å². The number of hydrogen-bond donors (Lipinski definition) is 2. The fraction of sp³-hybridized carbons (Fsp3) is 0. The van der Waals surface area contributed by atoms with Gasteiger partial charge in [-0.3, -0.25) is 0 Å². The lowest BCUT2D eigenvalue weighted by Crippen LogP contribution is -2.13. The van der Waals surface area contributed by atoms with E-state index < -0.39 is 11.9 Å². The Labute approximate surface area is 125 Å². The molecular formula is C18H10O4. The lowest BCUT2D eigenvalue weighted by Gasteiger charge is -2.29. The van der Waals surface area contributed by atoms with Crippen molar-refractivity contribution in [2.24, 2.45) is 0 Å². The Balaban J connectivity index is 2.13. The molecule has 0 spiro atoms. The van der Waals surface area contributed by atoms with Gasteiger partial charge in [-0.05, 0) is 34.0 Å². The summed E-state index contributed by atoms with van der Waals surface area (Å²) in [5, 5.41) is 20.7. The molecule has 0 bridgehead atoms. The largest absolute Gasteiger partial charge is 0.478 e. The van der Waals surface area contributed by atoms with Crippen LogP contribution in [0, 0.1) is 0 Å². The molecule has 22 heavy (non-hydrogen) atoms. The van der Waals surface area contributed by atoms with Crippen molar-refractivity contribution in [1.82, 2.24) is 0 Å². The summed E-state index contributed by atoms with van der Waals surface area (Å²) >= 11 is 0. The number of carboxylic acids is 2. The van der Waals surface area contributed by atoms with E-state index in [0.29, 0.717) is 11.1 Å². The van der Waals surface area contributed by atoms with Crippen molar-refractivity contribution in [3.63, 3.8) is 0 Å². The lowest BCUT2D eigenvalue weighted by atomic mass is 9.73. The van der Waals surface area contributed by atoms with Gasteiger partial charge in [-0.1, -0.05) is 36.4 Å². The SMILES string of the molecule is O=C(O)c1ccc(C(=O)O)c2c1-c1ccc3ccccc3c1-2. The molecule has 3 aromatic rings. The van der Waals surface area contributed by atoms with Gasteiger partial charge in [-0.25, -0.2) is 9.59 Å². The molecule has 0 atom stereocenters. The quantitative estimate of drug-likeness (QED) is 0.587. The van der Waals surface area contributed by atoms with Crippen LogP contribution in [0.1, 0.15) is 20.7 Å². The fourth-order valence-electron chi connectivity index (χ4n) is 3.19. The monoisotopic (exact) mass is 290 g/mol. The first-order chi connectivity index (χ1) is 10.6. The minimum atomic E-state index is -1.05. The Kier molecular flexibility index (Phi) is 2.39. The predicted molar refractivity (Wildman–Crippen MR) is 82.3 cm³/mol. The minimum Gasteiger partial charge on any atom is -0.478 e. The third kappa shape index (κ3) is 1.46. The van der Waals surface area contributed by atoms with E-state index in [0.717, 1.165) is 21.9 Å². The number of benzene rings is 3. The second-order valence-corrected chi connectivity index (χ2v) is 5.23. The Morgan fingerprint density at radius 2 is 1.32 bits per heavy atom. The minimum absolute atomic E-state index is 0.141. The molecule has 0 radical (unpaired) electrons. The topological polar surface area (TPSA) is 74.6 Å². The van der Waals surface area contributed by atoms with Crippen molar-refractivity contribution in [2.75, 3.05) is 0 Å². The van der Waals surface area contributed by atoms with Gasteiger partial charge in [0.15, 0.2) is 0 Å². The van der Waals surface area contributed by atoms with E-state index in [4.69, 9.17) is 0 Å². The average molecular weight is 290 g/mol. The number of fused-ring (bicyclic) bond motifs is 6. The van der Waals surface area contributed by atoms with Crippen molar-refractivity contribution in [3.05, 3.63) is 59.7 Å². The smallest absolute Gasteiger partial charge is 0.336 e. The first-order valence-electron chi connectivity index (χ1n) is 6.75. The van der Waals surface area contributed by atoms with Gasteiger partial charge in [-0.2, -0.15) is 0 Å². The summed E-state index contributed by atoms with van der Waals surface area (Å²) in [7, 11) is 0. The van der Waals surface area contributed by atoms with Gasteiger partial charge in [0.25, 0.3) is 0 Å². The van der Waals surface area contributed by atoms with E-state index in [1.54, 1.807) is 0 Å². The molecule has 1 aliphatic carbocycles. The molecule has 0 saturated carbocycles. The Bertz CT molecular complexity index is 986. The summed E-state index contributed by atoms with van der Waals surface area (Å²) in [6, 6.07) is 14.2. The first kappa shape index (κ1) is 12.6. The summed E-state index contributed by atoms with van der Waals surface area (Å²) in [6.45, 7) is 0. The number of aromatic carboxylic acids is 2. The van der Waals surface area contributed by atoms with Crippen molar-refractivity contribution >= 4 is 22.7 Å². The third-order valence-corrected chi connectivity index (χ3v) is 4.11. The van der Waals surface area contributed by atoms with Crippen LogP contribution < -0.4 is 0 Å². The Morgan fingerprint density at radius 1 is 0.682 bits per heavy atom. The van der Waals surface area contributed by atoms with E-state index in [2.05, 4.69) is 0 Å². The molecule has 0 aliphatic heterocycles. The van der Waals surface area contributed by atoms with E-state index in [1.165, 1.54) is 12.1 Å². The van der Waals surface area contributed by atoms with Gasteiger partial charge in [0, 0.05) is 11.1 Å². The van der Waals surface area contributed by atoms with Gasteiger partial charge < -0.3 is 10.2 Å². The summed E-state index contributed by atoms with van der Waals surface area (Å²) in [4.78, 5) is 22.9. The summed E-state index contributed by atoms with van der Waals surface area (Å²) in [5.41, 5.74) is 2.96. The van der Waals surface area contributed by atoms with E-state index in [-0.39, 0.29) is 11.1 Å². The zero-order chi connectivity index (χ0) is 15.4. The van der Waals surface area contributed by atoms with Crippen LogP contribution in [0.25, 0.3) is 33.0 Å². The highest BCUT2D eigenvalue weighted by molar-refractivity contribution is 6.22. The van der Waals surface area contributed by atoms with E-state index >= 15 is 0 Å². The molecule has 0 aromatic heterocycles. The standard InChI is InChI=1S/C18H10O4/c19-17(20)12-7-8-13(18(21)22)16-14-10-4-2-1-3-9(10)5-6-11(14)15(12)16/h1-8H,(H,19,20)(H,21,22). The van der Waals surface area contributed by atoms with Crippen LogP contribution in [0.5, 0.6) is 0 Å².